The summed E-state index contributed by atoms with van der Waals surface area (Å²) >= 11 is 1.65. The quantitative estimate of drug-likeness (QED) is 0.747. The van der Waals surface area contributed by atoms with Crippen LogP contribution in [0.4, 0.5) is 11.4 Å². The predicted molar refractivity (Wildman–Crippen MR) is 62.5 cm³/mol. The number of rotatable bonds is 4. The van der Waals surface area contributed by atoms with Crippen LogP contribution in [0.15, 0.2) is 24.3 Å². The Hall–Kier alpha value is -1.16. The van der Waals surface area contributed by atoms with Gasteiger partial charge in [0.25, 0.3) is 0 Å². The van der Waals surface area contributed by atoms with Gasteiger partial charge in [0.2, 0.25) is 5.91 Å². The third-order valence-corrected chi connectivity index (χ3v) is 2.38. The molecular weight excluding hydrogens is 196 g/mol. The van der Waals surface area contributed by atoms with Gasteiger partial charge in [-0.25, -0.2) is 0 Å². The fourth-order valence-corrected chi connectivity index (χ4v) is 1.41. The molecule has 0 spiro atoms. The largest absolute Gasteiger partial charge is 0.397 e. The summed E-state index contributed by atoms with van der Waals surface area (Å²) in [6.07, 6.45) is 2.50. The number of anilines is 2. The van der Waals surface area contributed by atoms with Gasteiger partial charge in [-0.2, -0.15) is 11.8 Å². The number of amides is 1. The van der Waals surface area contributed by atoms with E-state index in [4.69, 9.17) is 5.73 Å². The Morgan fingerprint density at radius 1 is 1.50 bits per heavy atom. The summed E-state index contributed by atoms with van der Waals surface area (Å²) in [6, 6.07) is 7.25. The average molecular weight is 210 g/mol. The molecule has 1 aromatic carbocycles. The number of para-hydroxylation sites is 2. The molecule has 1 rings (SSSR count). The van der Waals surface area contributed by atoms with Crippen molar-refractivity contribution in [3.8, 4) is 0 Å². The second-order valence-corrected chi connectivity index (χ2v) is 3.86. The van der Waals surface area contributed by atoms with E-state index in [-0.39, 0.29) is 5.91 Å². The first-order chi connectivity index (χ1) is 6.74. The molecule has 0 atom stereocenters. The van der Waals surface area contributed by atoms with Crippen molar-refractivity contribution < 1.29 is 4.79 Å². The van der Waals surface area contributed by atoms with Gasteiger partial charge in [-0.3, -0.25) is 4.79 Å². The first kappa shape index (κ1) is 10.9. The number of nitrogen functional groups attached to an aromatic ring is 1. The summed E-state index contributed by atoms with van der Waals surface area (Å²) < 4.78 is 0. The van der Waals surface area contributed by atoms with Crippen LogP contribution in [0.3, 0.4) is 0 Å². The SMILES string of the molecule is CSCCC(=O)Nc1ccccc1N. The van der Waals surface area contributed by atoms with Crippen molar-refractivity contribution in [2.75, 3.05) is 23.1 Å². The molecule has 0 fully saturated rings. The van der Waals surface area contributed by atoms with Crippen LogP contribution >= 0.6 is 11.8 Å². The maximum Gasteiger partial charge on any atom is 0.225 e. The van der Waals surface area contributed by atoms with Crippen LogP contribution in [0, 0.1) is 0 Å². The van der Waals surface area contributed by atoms with Gasteiger partial charge in [0.05, 0.1) is 11.4 Å². The average Bonchev–Trinajstić information content (AvgIpc) is 2.18. The van der Waals surface area contributed by atoms with Crippen LogP contribution in [-0.4, -0.2) is 17.9 Å². The highest BCUT2D eigenvalue weighted by Gasteiger charge is 2.03. The van der Waals surface area contributed by atoms with Crippen LogP contribution in [0.5, 0.6) is 0 Å². The van der Waals surface area contributed by atoms with Crippen molar-refractivity contribution in [3.63, 3.8) is 0 Å². The number of benzene rings is 1. The van der Waals surface area contributed by atoms with Crippen LogP contribution in [0.2, 0.25) is 0 Å². The fourth-order valence-electron chi connectivity index (χ4n) is 1.02. The fraction of sp³-hybridized carbons (Fsp3) is 0.300. The minimum atomic E-state index is 0.0113. The Labute approximate surface area is 88.1 Å². The lowest BCUT2D eigenvalue weighted by molar-refractivity contribution is -0.115. The number of nitrogens with two attached hydrogens (primary N) is 1. The van der Waals surface area contributed by atoms with E-state index in [1.807, 2.05) is 18.4 Å². The molecule has 0 radical (unpaired) electrons. The molecule has 0 heterocycles. The molecule has 0 unspecified atom stereocenters. The summed E-state index contributed by atoms with van der Waals surface area (Å²) in [5, 5.41) is 2.77. The molecule has 4 heteroatoms. The van der Waals surface area contributed by atoms with Gasteiger partial charge in [-0.05, 0) is 18.4 Å². The predicted octanol–water partition coefficient (Wildman–Crippen LogP) is 1.96. The van der Waals surface area contributed by atoms with Gasteiger partial charge >= 0.3 is 0 Å². The van der Waals surface area contributed by atoms with Crippen molar-refractivity contribution in [3.05, 3.63) is 24.3 Å². The standard InChI is InChI=1S/C10H14N2OS/c1-14-7-6-10(13)12-9-5-3-2-4-8(9)11/h2-5H,6-7,11H2,1H3,(H,12,13). The van der Waals surface area contributed by atoms with Crippen molar-refractivity contribution in [2.24, 2.45) is 0 Å². The maximum atomic E-state index is 11.3. The van der Waals surface area contributed by atoms with Crippen LogP contribution in [0.25, 0.3) is 0 Å². The highest BCUT2D eigenvalue weighted by molar-refractivity contribution is 7.98. The normalized spacial score (nSPS) is 9.79. The third kappa shape index (κ3) is 3.30. The van der Waals surface area contributed by atoms with Crippen molar-refractivity contribution >= 4 is 29.0 Å². The van der Waals surface area contributed by atoms with Crippen LogP contribution in [-0.2, 0) is 4.79 Å². The Morgan fingerprint density at radius 3 is 2.86 bits per heavy atom. The minimum absolute atomic E-state index is 0.0113. The molecule has 0 saturated heterocycles. The molecule has 76 valence electrons. The Morgan fingerprint density at radius 2 is 2.21 bits per heavy atom. The van der Waals surface area contributed by atoms with E-state index in [0.717, 1.165) is 5.75 Å². The van der Waals surface area contributed by atoms with Crippen molar-refractivity contribution in [1.82, 2.24) is 0 Å². The van der Waals surface area contributed by atoms with Gasteiger partial charge < -0.3 is 11.1 Å². The lowest BCUT2D eigenvalue weighted by Gasteiger charge is -2.06. The molecule has 14 heavy (non-hydrogen) atoms. The number of carbonyl (C=O) groups is 1. The topological polar surface area (TPSA) is 55.1 Å². The lowest BCUT2D eigenvalue weighted by atomic mass is 10.2. The molecule has 0 aliphatic heterocycles. The summed E-state index contributed by atoms with van der Waals surface area (Å²) in [7, 11) is 0. The summed E-state index contributed by atoms with van der Waals surface area (Å²) in [4.78, 5) is 11.3. The number of hydrogen-bond acceptors (Lipinski definition) is 3. The van der Waals surface area contributed by atoms with Gasteiger partial charge in [0, 0.05) is 12.2 Å². The van der Waals surface area contributed by atoms with Gasteiger partial charge in [0.15, 0.2) is 0 Å². The summed E-state index contributed by atoms with van der Waals surface area (Å²) in [6.45, 7) is 0. The van der Waals surface area contributed by atoms with Gasteiger partial charge in [-0.15, -0.1) is 0 Å². The second-order valence-electron chi connectivity index (χ2n) is 2.88. The van der Waals surface area contributed by atoms with E-state index >= 15 is 0 Å². The van der Waals surface area contributed by atoms with Crippen LogP contribution < -0.4 is 11.1 Å². The van der Waals surface area contributed by atoms with Crippen molar-refractivity contribution in [2.45, 2.75) is 6.42 Å². The smallest absolute Gasteiger partial charge is 0.225 e. The molecule has 0 aliphatic carbocycles. The van der Waals surface area contributed by atoms with Crippen LogP contribution in [0.1, 0.15) is 6.42 Å². The minimum Gasteiger partial charge on any atom is -0.397 e. The number of nitrogens with one attached hydrogen (secondary N) is 1. The highest BCUT2D eigenvalue weighted by Crippen LogP contribution is 2.16. The number of carbonyl (C=O) groups excluding carboxylic acids is 1. The Balaban J connectivity index is 2.52. The van der Waals surface area contributed by atoms with E-state index in [2.05, 4.69) is 5.32 Å². The van der Waals surface area contributed by atoms with Crippen molar-refractivity contribution in [1.29, 1.82) is 0 Å². The Bertz CT molecular complexity index is 315. The zero-order chi connectivity index (χ0) is 10.4. The Kier molecular flexibility index (Phi) is 4.32. The first-order valence-corrected chi connectivity index (χ1v) is 5.76. The monoisotopic (exact) mass is 210 g/mol. The molecule has 3 N–H and O–H groups in total. The highest BCUT2D eigenvalue weighted by atomic mass is 32.2. The molecule has 0 aromatic heterocycles. The maximum absolute atomic E-state index is 11.3. The summed E-state index contributed by atoms with van der Waals surface area (Å²) in [5.41, 5.74) is 6.97. The van der Waals surface area contributed by atoms with Gasteiger partial charge in [0.1, 0.15) is 0 Å². The van der Waals surface area contributed by atoms with E-state index in [0.29, 0.717) is 17.8 Å². The summed E-state index contributed by atoms with van der Waals surface area (Å²) in [5.74, 6) is 0.843. The molecule has 3 nitrogen and oxygen atoms in total. The first-order valence-electron chi connectivity index (χ1n) is 4.37. The molecule has 1 aromatic rings. The molecule has 0 saturated carbocycles. The lowest BCUT2D eigenvalue weighted by Crippen LogP contribution is -2.13. The molecule has 0 bridgehead atoms. The van der Waals surface area contributed by atoms with E-state index in [1.165, 1.54) is 0 Å². The third-order valence-electron chi connectivity index (χ3n) is 1.77. The van der Waals surface area contributed by atoms with E-state index in [9.17, 15) is 4.79 Å². The zero-order valence-corrected chi connectivity index (χ0v) is 8.93. The number of thioether (sulfide) groups is 1. The van der Waals surface area contributed by atoms with E-state index < -0.39 is 0 Å². The number of hydrogen-bond donors (Lipinski definition) is 2. The van der Waals surface area contributed by atoms with E-state index in [1.54, 1.807) is 23.9 Å². The molecule has 0 aliphatic rings. The molecule has 1 amide bonds. The second kappa shape index (κ2) is 5.54. The zero-order valence-electron chi connectivity index (χ0n) is 8.12. The van der Waals surface area contributed by atoms with Gasteiger partial charge in [-0.1, -0.05) is 12.1 Å². The molecular formula is C10H14N2OS.